The van der Waals surface area contributed by atoms with Crippen molar-refractivity contribution in [1.29, 1.82) is 0 Å². The molecule has 0 aliphatic heterocycles. The van der Waals surface area contributed by atoms with Crippen LogP contribution in [0.3, 0.4) is 0 Å². The van der Waals surface area contributed by atoms with Crippen LogP contribution in [0.4, 0.5) is 0 Å². The molecule has 0 spiro atoms. The van der Waals surface area contributed by atoms with Crippen molar-refractivity contribution in [3.8, 4) is 0 Å². The molecule has 0 heterocycles. The van der Waals surface area contributed by atoms with Gasteiger partial charge in [-0.25, -0.2) is 0 Å². The predicted octanol–water partition coefficient (Wildman–Crippen LogP) is 10.9. The summed E-state index contributed by atoms with van der Waals surface area (Å²) in [5, 5.41) is 11.5. The van der Waals surface area contributed by atoms with E-state index >= 15 is 0 Å². The summed E-state index contributed by atoms with van der Waals surface area (Å²) in [5.74, 6) is 0.961. The van der Waals surface area contributed by atoms with Crippen LogP contribution in [0.1, 0.15) is 168 Å². The molecule has 0 aliphatic rings. The summed E-state index contributed by atoms with van der Waals surface area (Å²) in [6.45, 7) is 13.0. The quantitative estimate of drug-likeness (QED) is 0.0740. The topological polar surface area (TPSA) is 23.5 Å². The zero-order chi connectivity index (χ0) is 24.4. The molecule has 0 saturated carbocycles. The normalized spacial score (nSPS) is 11.7. The number of nitrogens with zero attached hydrogens (tertiary/aromatic N) is 1. The highest BCUT2D eigenvalue weighted by Crippen LogP contribution is 2.25. The lowest BCUT2D eigenvalue weighted by atomic mass is 9.89. The molecule has 0 aromatic rings. The highest BCUT2D eigenvalue weighted by Gasteiger charge is 2.09. The number of allylic oxidation sites excluding steroid dienone is 1. The number of hydrogen-bond donors (Lipinski definition) is 1. The Kier molecular flexibility index (Phi) is 26.0. The highest BCUT2D eigenvalue weighted by atomic mass is 16.5. The first-order valence-electron chi connectivity index (χ1n) is 15.2. The third-order valence-corrected chi connectivity index (χ3v) is 7.29. The molecule has 0 aromatic heterocycles. The first-order valence-corrected chi connectivity index (χ1v) is 15.2. The van der Waals surface area contributed by atoms with E-state index in [9.17, 15) is 5.21 Å². The number of hydroxylamine groups is 2. The average molecular weight is 466 g/mol. The SMILES string of the molecule is C=C(CCCCCCCN(O)CCCCCCCC)CCCC(CCCCC)CCCCC. The van der Waals surface area contributed by atoms with Crippen LogP contribution in [0.2, 0.25) is 0 Å². The van der Waals surface area contributed by atoms with Crippen LogP contribution in [0.5, 0.6) is 0 Å². The molecule has 33 heavy (non-hydrogen) atoms. The number of hydrogen-bond acceptors (Lipinski definition) is 2. The van der Waals surface area contributed by atoms with Gasteiger partial charge in [0.1, 0.15) is 0 Å². The summed E-state index contributed by atoms with van der Waals surface area (Å²) in [4.78, 5) is 0. The average Bonchev–Trinajstić information content (AvgIpc) is 2.80. The second-order valence-corrected chi connectivity index (χ2v) is 10.7. The second-order valence-electron chi connectivity index (χ2n) is 10.7. The minimum absolute atomic E-state index is 0.847. The first-order chi connectivity index (χ1) is 16.1. The predicted molar refractivity (Wildman–Crippen MR) is 149 cm³/mol. The van der Waals surface area contributed by atoms with Crippen LogP contribution in [0, 0.1) is 5.92 Å². The van der Waals surface area contributed by atoms with E-state index in [1.54, 1.807) is 5.06 Å². The van der Waals surface area contributed by atoms with Crippen molar-refractivity contribution >= 4 is 0 Å². The van der Waals surface area contributed by atoms with Gasteiger partial charge in [-0.2, -0.15) is 5.06 Å². The summed E-state index contributed by atoms with van der Waals surface area (Å²) < 4.78 is 0. The lowest BCUT2D eigenvalue weighted by molar-refractivity contribution is -0.0925. The Balaban J connectivity index is 3.60. The van der Waals surface area contributed by atoms with Gasteiger partial charge >= 0.3 is 0 Å². The van der Waals surface area contributed by atoms with E-state index in [-0.39, 0.29) is 0 Å². The van der Waals surface area contributed by atoms with Gasteiger partial charge < -0.3 is 5.21 Å². The molecular formula is C31H63NO. The molecule has 0 unspecified atom stereocenters. The van der Waals surface area contributed by atoms with E-state index in [4.69, 9.17) is 0 Å². The third-order valence-electron chi connectivity index (χ3n) is 7.29. The zero-order valence-corrected chi connectivity index (χ0v) is 23.4. The van der Waals surface area contributed by atoms with Gasteiger partial charge in [-0.05, 0) is 44.4 Å². The maximum absolute atomic E-state index is 9.99. The maximum atomic E-state index is 9.99. The van der Waals surface area contributed by atoms with E-state index in [0.29, 0.717) is 0 Å². The van der Waals surface area contributed by atoms with Gasteiger partial charge in [-0.1, -0.05) is 142 Å². The number of unbranched alkanes of at least 4 members (excludes halogenated alkanes) is 13. The number of rotatable bonds is 27. The molecule has 0 atom stereocenters. The maximum Gasteiger partial charge on any atom is 0.0238 e. The van der Waals surface area contributed by atoms with Crippen LogP contribution >= 0.6 is 0 Å². The smallest absolute Gasteiger partial charge is 0.0238 e. The van der Waals surface area contributed by atoms with Crippen molar-refractivity contribution in [3.05, 3.63) is 12.2 Å². The van der Waals surface area contributed by atoms with Gasteiger partial charge in [0.2, 0.25) is 0 Å². The Bertz CT molecular complexity index is 384. The Labute approximate surface area is 210 Å². The molecular weight excluding hydrogens is 402 g/mol. The minimum Gasteiger partial charge on any atom is -0.314 e. The zero-order valence-electron chi connectivity index (χ0n) is 23.4. The molecule has 198 valence electrons. The lowest BCUT2D eigenvalue weighted by Crippen LogP contribution is -2.21. The van der Waals surface area contributed by atoms with Crippen molar-refractivity contribution < 1.29 is 5.21 Å². The summed E-state index contributed by atoms with van der Waals surface area (Å²) in [7, 11) is 0. The van der Waals surface area contributed by atoms with E-state index in [1.807, 2.05) is 0 Å². The highest BCUT2D eigenvalue weighted by molar-refractivity contribution is 4.93. The summed E-state index contributed by atoms with van der Waals surface area (Å²) in [6, 6.07) is 0. The second kappa shape index (κ2) is 26.3. The Morgan fingerprint density at radius 2 is 0.939 bits per heavy atom. The molecule has 0 aliphatic carbocycles. The van der Waals surface area contributed by atoms with Gasteiger partial charge in [0.15, 0.2) is 0 Å². The molecule has 0 amide bonds. The van der Waals surface area contributed by atoms with Crippen molar-refractivity contribution in [2.45, 2.75) is 168 Å². The van der Waals surface area contributed by atoms with Gasteiger partial charge in [-0.15, -0.1) is 0 Å². The van der Waals surface area contributed by atoms with Gasteiger partial charge in [0.05, 0.1) is 0 Å². The monoisotopic (exact) mass is 465 g/mol. The largest absolute Gasteiger partial charge is 0.314 e. The molecule has 0 bridgehead atoms. The Morgan fingerprint density at radius 1 is 0.545 bits per heavy atom. The van der Waals surface area contributed by atoms with E-state index in [2.05, 4.69) is 27.4 Å². The van der Waals surface area contributed by atoms with E-state index in [0.717, 1.165) is 31.8 Å². The summed E-state index contributed by atoms with van der Waals surface area (Å²) in [6.07, 6.45) is 30.6. The van der Waals surface area contributed by atoms with Gasteiger partial charge in [0.25, 0.3) is 0 Å². The molecule has 0 fully saturated rings. The van der Waals surface area contributed by atoms with Crippen LogP contribution in [-0.2, 0) is 0 Å². The summed E-state index contributed by atoms with van der Waals surface area (Å²) >= 11 is 0. The Hall–Kier alpha value is -0.340. The third kappa shape index (κ3) is 24.6. The molecule has 2 nitrogen and oxygen atoms in total. The van der Waals surface area contributed by atoms with Crippen molar-refractivity contribution in [3.63, 3.8) is 0 Å². The standard InChI is InChI=1S/C31H63NO/c1-5-8-11-12-15-20-28-32(33)29-21-16-13-14-19-23-30(4)24-22-27-31(25-17-9-6-2)26-18-10-7-3/h31,33H,4-29H2,1-3H3. The molecule has 0 saturated heterocycles. The molecule has 0 radical (unpaired) electrons. The molecule has 1 N–H and O–H groups in total. The fourth-order valence-electron chi connectivity index (χ4n) is 4.95. The van der Waals surface area contributed by atoms with Crippen molar-refractivity contribution in [2.75, 3.05) is 13.1 Å². The molecule has 2 heteroatoms. The van der Waals surface area contributed by atoms with Crippen LogP contribution < -0.4 is 0 Å². The van der Waals surface area contributed by atoms with Crippen LogP contribution in [-0.4, -0.2) is 23.4 Å². The van der Waals surface area contributed by atoms with Gasteiger partial charge in [-0.3, -0.25) is 0 Å². The summed E-state index contributed by atoms with van der Waals surface area (Å²) in [5.41, 5.74) is 1.48. The molecule has 0 aromatic carbocycles. The van der Waals surface area contributed by atoms with E-state index in [1.165, 1.54) is 140 Å². The van der Waals surface area contributed by atoms with Crippen LogP contribution in [0.15, 0.2) is 12.2 Å². The van der Waals surface area contributed by atoms with Gasteiger partial charge in [0, 0.05) is 13.1 Å². The minimum atomic E-state index is 0.847. The first kappa shape index (κ1) is 32.7. The van der Waals surface area contributed by atoms with E-state index < -0.39 is 0 Å². The fraction of sp³-hybridized carbons (Fsp3) is 0.935. The van der Waals surface area contributed by atoms with Crippen molar-refractivity contribution in [2.24, 2.45) is 5.92 Å². The lowest BCUT2D eigenvalue weighted by Gasteiger charge is -2.17. The fourth-order valence-corrected chi connectivity index (χ4v) is 4.95. The Morgan fingerprint density at radius 3 is 1.48 bits per heavy atom. The molecule has 0 rings (SSSR count). The van der Waals surface area contributed by atoms with Crippen LogP contribution in [0.25, 0.3) is 0 Å². The van der Waals surface area contributed by atoms with Crippen molar-refractivity contribution in [1.82, 2.24) is 5.06 Å².